The predicted molar refractivity (Wildman–Crippen MR) is 112 cm³/mol. The minimum atomic E-state index is -0.817. The number of hydrogen-bond acceptors (Lipinski definition) is 2. The van der Waals surface area contributed by atoms with Gasteiger partial charge in [0, 0.05) is 32.6 Å². The van der Waals surface area contributed by atoms with E-state index in [1.54, 1.807) is 13.1 Å². The van der Waals surface area contributed by atoms with Crippen LogP contribution in [0, 0.1) is 17.6 Å². The predicted octanol–water partition coefficient (Wildman–Crippen LogP) is 4.18. The Bertz CT molecular complexity index is 813. The van der Waals surface area contributed by atoms with Crippen molar-refractivity contribution < 1.29 is 13.5 Å². The van der Waals surface area contributed by atoms with E-state index in [2.05, 4.69) is 27.3 Å². The summed E-state index contributed by atoms with van der Waals surface area (Å²) in [7, 11) is 1.77. The molecule has 156 valence electrons. The molecular weight excluding hydrogens is 372 g/mol. The van der Waals surface area contributed by atoms with E-state index in [4.69, 9.17) is 4.74 Å². The van der Waals surface area contributed by atoms with Crippen LogP contribution in [-0.2, 0) is 11.3 Å². The monoisotopic (exact) mass is 401 g/mol. The van der Waals surface area contributed by atoms with Gasteiger partial charge in [0.05, 0.1) is 13.2 Å². The molecule has 0 spiro atoms. The Morgan fingerprint density at radius 2 is 2.00 bits per heavy atom. The maximum Gasteiger partial charge on any atom is 0.193 e. The van der Waals surface area contributed by atoms with Crippen LogP contribution in [0.5, 0.6) is 0 Å². The zero-order valence-electron chi connectivity index (χ0n) is 17.1. The smallest absolute Gasteiger partial charge is 0.193 e. The van der Waals surface area contributed by atoms with Crippen LogP contribution in [0.15, 0.2) is 53.5 Å². The molecule has 0 radical (unpaired) electrons. The first-order valence-corrected chi connectivity index (χ1v) is 10.1. The molecule has 0 bridgehead atoms. The molecule has 29 heavy (non-hydrogen) atoms. The maximum atomic E-state index is 13.5. The van der Waals surface area contributed by atoms with Gasteiger partial charge in [0.25, 0.3) is 0 Å². The fourth-order valence-electron chi connectivity index (χ4n) is 3.59. The topological polar surface area (TPSA) is 36.9 Å². The van der Waals surface area contributed by atoms with Crippen LogP contribution < -0.4 is 5.32 Å². The van der Waals surface area contributed by atoms with E-state index in [1.807, 2.05) is 25.1 Å². The van der Waals surface area contributed by atoms with Gasteiger partial charge in [0.2, 0.25) is 0 Å². The third kappa shape index (κ3) is 6.00. The van der Waals surface area contributed by atoms with Gasteiger partial charge in [-0.05, 0) is 35.6 Å². The van der Waals surface area contributed by atoms with Gasteiger partial charge in [-0.25, -0.2) is 8.78 Å². The van der Waals surface area contributed by atoms with Crippen molar-refractivity contribution in [1.29, 1.82) is 0 Å². The van der Waals surface area contributed by atoms with E-state index < -0.39 is 11.6 Å². The molecule has 1 aliphatic rings. The summed E-state index contributed by atoms with van der Waals surface area (Å²) in [6.45, 7) is 5.77. The molecule has 1 aliphatic heterocycles. The number of nitrogens with one attached hydrogen (secondary N) is 1. The molecule has 2 aromatic carbocycles. The second-order valence-electron chi connectivity index (χ2n) is 7.60. The van der Waals surface area contributed by atoms with Gasteiger partial charge in [-0.2, -0.15) is 0 Å². The highest BCUT2D eigenvalue weighted by Gasteiger charge is 2.25. The number of halogens is 2. The molecule has 4 nitrogen and oxygen atoms in total. The molecule has 3 rings (SSSR count). The Kier molecular flexibility index (Phi) is 7.58. The molecule has 2 atom stereocenters. The van der Waals surface area contributed by atoms with Crippen molar-refractivity contribution in [2.24, 2.45) is 10.9 Å². The third-order valence-corrected chi connectivity index (χ3v) is 5.34. The number of rotatable bonds is 7. The molecule has 2 unspecified atom stereocenters. The highest BCUT2D eigenvalue weighted by Crippen LogP contribution is 2.19. The van der Waals surface area contributed by atoms with Crippen molar-refractivity contribution in [2.45, 2.75) is 25.9 Å². The highest BCUT2D eigenvalue weighted by atomic mass is 19.2. The fraction of sp³-hybridized carbons (Fsp3) is 0.435. The largest absolute Gasteiger partial charge is 0.376 e. The molecule has 2 aromatic rings. The fourth-order valence-corrected chi connectivity index (χ4v) is 3.59. The number of guanidine groups is 1. The minimum Gasteiger partial charge on any atom is -0.376 e. The summed E-state index contributed by atoms with van der Waals surface area (Å²) in [5, 5.41) is 3.37. The first kappa shape index (κ1) is 21.2. The van der Waals surface area contributed by atoms with Gasteiger partial charge in [0.15, 0.2) is 17.6 Å². The van der Waals surface area contributed by atoms with Crippen LogP contribution in [0.4, 0.5) is 8.78 Å². The van der Waals surface area contributed by atoms with Crippen LogP contribution >= 0.6 is 0 Å². The molecule has 1 saturated heterocycles. The third-order valence-electron chi connectivity index (χ3n) is 5.34. The Hall–Kier alpha value is -2.47. The van der Waals surface area contributed by atoms with Crippen molar-refractivity contribution in [3.63, 3.8) is 0 Å². The van der Waals surface area contributed by atoms with Gasteiger partial charge in [-0.15, -0.1) is 0 Å². The molecule has 1 N–H and O–H groups in total. The lowest BCUT2D eigenvalue weighted by Gasteiger charge is -2.23. The first-order chi connectivity index (χ1) is 14.1. The van der Waals surface area contributed by atoms with E-state index in [9.17, 15) is 8.78 Å². The summed E-state index contributed by atoms with van der Waals surface area (Å²) in [5.74, 6) is -0.278. The van der Waals surface area contributed by atoms with E-state index >= 15 is 0 Å². The SMILES string of the molecule is CN=C(NCC(C)c1ccc(F)c(F)c1)N1CCC(COCc2ccccc2)C1. The number of hydrogen-bond donors (Lipinski definition) is 1. The number of benzene rings is 2. The van der Waals surface area contributed by atoms with Crippen LogP contribution in [-0.4, -0.2) is 44.1 Å². The Balaban J connectivity index is 1.43. The maximum absolute atomic E-state index is 13.5. The number of nitrogens with zero attached hydrogens (tertiary/aromatic N) is 2. The first-order valence-electron chi connectivity index (χ1n) is 10.1. The standard InChI is InChI=1S/C23H29F2N3O/c1-17(20-8-9-21(24)22(25)12-20)13-27-23(26-2)28-11-10-19(14-28)16-29-15-18-6-4-3-5-7-18/h3-9,12,17,19H,10-11,13-16H2,1-2H3,(H,26,27). The Morgan fingerprint density at radius 3 is 2.72 bits per heavy atom. The van der Waals surface area contributed by atoms with E-state index in [0.29, 0.717) is 19.1 Å². The van der Waals surface area contributed by atoms with Crippen LogP contribution in [0.1, 0.15) is 30.4 Å². The van der Waals surface area contributed by atoms with Gasteiger partial charge in [-0.1, -0.05) is 43.3 Å². The minimum absolute atomic E-state index is 0.0365. The van der Waals surface area contributed by atoms with Crippen LogP contribution in [0.2, 0.25) is 0 Å². The molecule has 1 fully saturated rings. The average Bonchev–Trinajstić information content (AvgIpc) is 3.20. The van der Waals surface area contributed by atoms with Gasteiger partial charge >= 0.3 is 0 Å². The van der Waals surface area contributed by atoms with Gasteiger partial charge in [0.1, 0.15) is 0 Å². The lowest BCUT2D eigenvalue weighted by Crippen LogP contribution is -2.41. The Morgan fingerprint density at radius 1 is 1.21 bits per heavy atom. The molecule has 0 saturated carbocycles. The van der Waals surface area contributed by atoms with Gasteiger partial charge in [-0.3, -0.25) is 4.99 Å². The summed E-state index contributed by atoms with van der Waals surface area (Å²) >= 11 is 0. The zero-order chi connectivity index (χ0) is 20.6. The summed E-state index contributed by atoms with van der Waals surface area (Å²) < 4.78 is 32.5. The van der Waals surface area contributed by atoms with E-state index in [-0.39, 0.29) is 5.92 Å². The van der Waals surface area contributed by atoms with E-state index in [0.717, 1.165) is 37.6 Å². The van der Waals surface area contributed by atoms with Gasteiger partial charge < -0.3 is 15.0 Å². The summed E-state index contributed by atoms with van der Waals surface area (Å²) in [4.78, 5) is 6.62. The number of ether oxygens (including phenoxy) is 1. The van der Waals surface area contributed by atoms with Crippen molar-refractivity contribution in [1.82, 2.24) is 10.2 Å². The Labute approximate surface area is 171 Å². The second-order valence-corrected chi connectivity index (χ2v) is 7.60. The van der Waals surface area contributed by atoms with Crippen molar-refractivity contribution in [3.8, 4) is 0 Å². The highest BCUT2D eigenvalue weighted by molar-refractivity contribution is 5.80. The molecule has 1 heterocycles. The van der Waals surface area contributed by atoms with E-state index in [1.165, 1.54) is 17.7 Å². The lowest BCUT2D eigenvalue weighted by atomic mass is 10.0. The molecular formula is C23H29F2N3O. The van der Waals surface area contributed by atoms with Crippen molar-refractivity contribution in [3.05, 3.63) is 71.3 Å². The molecule has 0 aliphatic carbocycles. The van der Waals surface area contributed by atoms with Crippen molar-refractivity contribution >= 4 is 5.96 Å². The second kappa shape index (κ2) is 10.3. The molecule has 0 aromatic heterocycles. The normalized spacial score (nSPS) is 18.1. The summed E-state index contributed by atoms with van der Waals surface area (Å²) in [5.41, 5.74) is 1.95. The van der Waals surface area contributed by atoms with Crippen LogP contribution in [0.3, 0.4) is 0 Å². The lowest BCUT2D eigenvalue weighted by molar-refractivity contribution is 0.0906. The van der Waals surface area contributed by atoms with Crippen LogP contribution in [0.25, 0.3) is 0 Å². The number of likely N-dealkylation sites (tertiary alicyclic amines) is 1. The molecule has 6 heteroatoms. The summed E-state index contributed by atoms with van der Waals surface area (Å²) in [6.07, 6.45) is 1.06. The zero-order valence-corrected chi connectivity index (χ0v) is 17.1. The quantitative estimate of drug-likeness (QED) is 0.559. The molecule has 0 amide bonds. The van der Waals surface area contributed by atoms with Crippen molar-refractivity contribution in [2.75, 3.05) is 33.3 Å². The summed E-state index contributed by atoms with van der Waals surface area (Å²) in [6, 6.07) is 14.3. The number of aliphatic imine (C=N–C) groups is 1. The average molecular weight is 402 g/mol.